The van der Waals surface area contributed by atoms with Crippen molar-refractivity contribution in [2.45, 2.75) is 26.4 Å². The summed E-state index contributed by atoms with van der Waals surface area (Å²) in [6.07, 6.45) is -0.676. The number of carbonyl (C=O) groups is 3. The molecule has 0 saturated carbocycles. The maximum atomic E-state index is 12.2. The quantitative estimate of drug-likeness (QED) is 0.739. The van der Waals surface area contributed by atoms with E-state index in [2.05, 4.69) is 5.32 Å². The highest BCUT2D eigenvalue weighted by atomic mass is 32.2. The van der Waals surface area contributed by atoms with Crippen molar-refractivity contribution in [3.05, 3.63) is 23.8 Å². The van der Waals surface area contributed by atoms with Crippen molar-refractivity contribution < 1.29 is 28.6 Å². The van der Waals surface area contributed by atoms with Gasteiger partial charge in [-0.25, -0.2) is 4.79 Å². The van der Waals surface area contributed by atoms with Crippen molar-refractivity contribution in [2.24, 2.45) is 0 Å². The van der Waals surface area contributed by atoms with Crippen molar-refractivity contribution in [1.82, 2.24) is 5.32 Å². The van der Waals surface area contributed by atoms with Gasteiger partial charge in [0.25, 0.3) is 0 Å². The fraction of sp³-hybridized carbons (Fsp3) is 0.471. The molecule has 0 aromatic heterocycles. The molecule has 1 N–H and O–H groups in total. The van der Waals surface area contributed by atoms with Crippen LogP contribution in [0.2, 0.25) is 0 Å². The van der Waals surface area contributed by atoms with E-state index in [1.54, 1.807) is 39.0 Å². The van der Waals surface area contributed by atoms with Crippen LogP contribution < -0.4 is 14.8 Å². The highest BCUT2D eigenvalue weighted by molar-refractivity contribution is 8.14. The van der Waals surface area contributed by atoms with Gasteiger partial charge in [0.05, 0.1) is 32.1 Å². The molecule has 25 heavy (non-hydrogen) atoms. The highest BCUT2D eigenvalue weighted by Crippen LogP contribution is 2.25. The third kappa shape index (κ3) is 7.47. The van der Waals surface area contributed by atoms with Gasteiger partial charge in [0.2, 0.25) is 5.12 Å². The molecule has 1 aromatic carbocycles. The van der Waals surface area contributed by atoms with Crippen molar-refractivity contribution in [3.8, 4) is 11.5 Å². The maximum absolute atomic E-state index is 12.2. The first-order chi connectivity index (χ1) is 11.7. The molecule has 0 aliphatic rings. The zero-order valence-corrected chi connectivity index (χ0v) is 15.8. The van der Waals surface area contributed by atoms with Crippen LogP contribution in [0.5, 0.6) is 11.5 Å². The minimum absolute atomic E-state index is 0.0580. The first kappa shape index (κ1) is 20.8. The monoisotopic (exact) mass is 369 g/mol. The van der Waals surface area contributed by atoms with Gasteiger partial charge in [-0.1, -0.05) is 11.8 Å². The largest absolute Gasteiger partial charge is 0.497 e. The van der Waals surface area contributed by atoms with Crippen LogP contribution in [0.25, 0.3) is 0 Å². The second-order valence-corrected chi connectivity index (χ2v) is 7.04. The average molecular weight is 369 g/mol. The number of hydrogen-bond acceptors (Lipinski definition) is 7. The minimum atomic E-state index is -0.676. The Balaban J connectivity index is 2.51. The molecule has 0 heterocycles. The van der Waals surface area contributed by atoms with E-state index in [1.165, 1.54) is 14.2 Å². The van der Waals surface area contributed by atoms with E-state index in [1.807, 2.05) is 0 Å². The number of ether oxygens (including phenoxy) is 3. The molecule has 0 spiro atoms. The number of carbonyl (C=O) groups excluding carboxylic acids is 3. The zero-order chi connectivity index (χ0) is 19.0. The summed E-state index contributed by atoms with van der Waals surface area (Å²) in [6.45, 7) is 4.96. The van der Waals surface area contributed by atoms with Gasteiger partial charge in [-0.15, -0.1) is 0 Å². The molecule has 1 rings (SSSR count). The lowest BCUT2D eigenvalue weighted by atomic mass is 10.1. The summed E-state index contributed by atoms with van der Waals surface area (Å²) >= 11 is 0.823. The molecule has 0 aliphatic heterocycles. The molecule has 0 saturated heterocycles. The highest BCUT2D eigenvalue weighted by Gasteiger charge is 2.18. The van der Waals surface area contributed by atoms with Crippen LogP contribution in [0.3, 0.4) is 0 Å². The van der Waals surface area contributed by atoms with Gasteiger partial charge >= 0.3 is 6.09 Å². The molecule has 0 radical (unpaired) electrons. The lowest BCUT2D eigenvalue weighted by molar-refractivity contribution is -0.110. The van der Waals surface area contributed by atoms with Crippen LogP contribution in [0, 0.1) is 0 Å². The van der Waals surface area contributed by atoms with Crippen molar-refractivity contribution >= 4 is 28.8 Å². The molecule has 0 atom stereocenters. The molecule has 8 heteroatoms. The standard InChI is InChI=1S/C17H23NO6S/c1-17(2,3)24-16(21)18-9-15(20)25-10-13(19)12-7-6-11(22-4)8-14(12)23-5/h6-8H,9-10H2,1-5H3,(H,18,21). The predicted molar refractivity (Wildman–Crippen MR) is 95.6 cm³/mol. The first-order valence-electron chi connectivity index (χ1n) is 7.54. The second kappa shape index (κ2) is 9.31. The SMILES string of the molecule is COc1ccc(C(=O)CSC(=O)CNC(=O)OC(C)(C)C)c(OC)c1. The van der Waals surface area contributed by atoms with E-state index in [4.69, 9.17) is 14.2 Å². The Morgan fingerprint density at radius 2 is 1.80 bits per heavy atom. The Hall–Kier alpha value is -2.22. The van der Waals surface area contributed by atoms with Gasteiger partial charge in [0.1, 0.15) is 17.1 Å². The fourth-order valence-electron chi connectivity index (χ4n) is 1.76. The summed E-state index contributed by atoms with van der Waals surface area (Å²) in [7, 11) is 2.97. The topological polar surface area (TPSA) is 90.9 Å². The summed E-state index contributed by atoms with van der Waals surface area (Å²) in [5, 5.41) is 2.02. The van der Waals surface area contributed by atoms with E-state index in [0.29, 0.717) is 17.1 Å². The van der Waals surface area contributed by atoms with Gasteiger partial charge in [-0.05, 0) is 32.9 Å². The number of rotatable bonds is 7. The molecule has 7 nitrogen and oxygen atoms in total. The number of Topliss-reactive ketones (excluding diaryl/α,β-unsaturated/α-hetero) is 1. The van der Waals surface area contributed by atoms with Gasteiger partial charge in [-0.3, -0.25) is 9.59 Å². The van der Waals surface area contributed by atoms with Gasteiger partial charge in [0, 0.05) is 6.07 Å². The summed E-state index contributed by atoms with van der Waals surface area (Å²) in [5.74, 6) is 0.635. The lowest BCUT2D eigenvalue weighted by Gasteiger charge is -2.19. The number of ketones is 1. The third-order valence-corrected chi connectivity index (χ3v) is 3.72. The second-order valence-electron chi connectivity index (χ2n) is 6.01. The van der Waals surface area contributed by atoms with Gasteiger partial charge in [0.15, 0.2) is 5.78 Å². The Bertz CT molecular complexity index is 639. The van der Waals surface area contributed by atoms with Crippen molar-refractivity contribution in [3.63, 3.8) is 0 Å². The number of methoxy groups -OCH3 is 2. The van der Waals surface area contributed by atoms with E-state index in [0.717, 1.165) is 11.8 Å². The van der Waals surface area contributed by atoms with E-state index in [-0.39, 0.29) is 23.2 Å². The average Bonchev–Trinajstić information content (AvgIpc) is 2.55. The Labute approximate surface area is 151 Å². The number of hydrogen-bond donors (Lipinski definition) is 1. The molecule has 0 bridgehead atoms. The molecule has 0 fully saturated rings. The van der Waals surface area contributed by atoms with Crippen LogP contribution in [0.15, 0.2) is 18.2 Å². The van der Waals surface area contributed by atoms with Crippen LogP contribution in [0.1, 0.15) is 31.1 Å². The lowest BCUT2D eigenvalue weighted by Crippen LogP contribution is -2.35. The van der Waals surface area contributed by atoms with Gasteiger partial charge in [-0.2, -0.15) is 0 Å². The van der Waals surface area contributed by atoms with Gasteiger partial charge < -0.3 is 19.5 Å². The van der Waals surface area contributed by atoms with Crippen molar-refractivity contribution in [2.75, 3.05) is 26.5 Å². The number of alkyl carbamates (subject to hydrolysis) is 1. The molecule has 1 amide bonds. The van der Waals surface area contributed by atoms with Crippen LogP contribution in [-0.2, 0) is 9.53 Å². The fourth-order valence-corrected chi connectivity index (χ4v) is 2.38. The molecule has 1 aromatic rings. The van der Waals surface area contributed by atoms with E-state index >= 15 is 0 Å². The van der Waals surface area contributed by atoms with Crippen LogP contribution in [0.4, 0.5) is 4.79 Å². The minimum Gasteiger partial charge on any atom is -0.497 e. The molecular weight excluding hydrogens is 346 g/mol. The van der Waals surface area contributed by atoms with Crippen molar-refractivity contribution in [1.29, 1.82) is 0 Å². The number of thioether (sulfide) groups is 1. The van der Waals surface area contributed by atoms with Crippen LogP contribution in [-0.4, -0.2) is 49.1 Å². The third-order valence-electron chi connectivity index (χ3n) is 2.85. The first-order valence-corrected chi connectivity index (χ1v) is 8.52. The molecular formula is C17H23NO6S. The maximum Gasteiger partial charge on any atom is 0.408 e. The number of amides is 1. The Kier molecular flexibility index (Phi) is 7.76. The number of benzene rings is 1. The predicted octanol–water partition coefficient (Wildman–Crippen LogP) is 2.67. The smallest absolute Gasteiger partial charge is 0.408 e. The normalized spacial score (nSPS) is 10.8. The molecule has 0 unspecified atom stereocenters. The summed E-state index contributed by atoms with van der Waals surface area (Å²) in [6, 6.07) is 4.83. The van der Waals surface area contributed by atoms with E-state index in [9.17, 15) is 14.4 Å². The Morgan fingerprint density at radius 1 is 1.12 bits per heavy atom. The molecule has 138 valence electrons. The Morgan fingerprint density at radius 3 is 2.36 bits per heavy atom. The number of nitrogens with one attached hydrogen (secondary N) is 1. The summed E-state index contributed by atoms with van der Waals surface area (Å²) < 4.78 is 15.3. The zero-order valence-electron chi connectivity index (χ0n) is 15.0. The van der Waals surface area contributed by atoms with Crippen LogP contribution >= 0.6 is 11.8 Å². The summed E-state index contributed by atoms with van der Waals surface area (Å²) in [4.78, 5) is 35.5. The molecule has 0 aliphatic carbocycles. The summed E-state index contributed by atoms with van der Waals surface area (Å²) in [5.41, 5.74) is -0.273. The van der Waals surface area contributed by atoms with E-state index < -0.39 is 11.7 Å².